The summed E-state index contributed by atoms with van der Waals surface area (Å²) in [5.74, 6) is 0.539. The summed E-state index contributed by atoms with van der Waals surface area (Å²) < 4.78 is 45.0. The number of nitrogens with zero attached hydrogens (tertiary/aromatic N) is 5. The SMILES string of the molecule is COc1ccnc(F)c1-c1ccc2[nH]nc(-c3ccnc(N4CCN(S(C)(=O)=O)CC4)c3)c2c1. The molecule has 1 N–H and O–H groups in total. The quantitative estimate of drug-likeness (QED) is 0.436. The molecule has 0 bridgehead atoms. The average molecular weight is 483 g/mol. The van der Waals surface area contributed by atoms with Crippen LogP contribution >= 0.6 is 0 Å². The van der Waals surface area contributed by atoms with Crippen molar-refractivity contribution >= 4 is 26.7 Å². The van der Waals surface area contributed by atoms with Gasteiger partial charge in [-0.25, -0.2) is 18.4 Å². The number of rotatable bonds is 5. The number of nitrogens with one attached hydrogen (secondary N) is 1. The fourth-order valence-electron chi connectivity index (χ4n) is 4.23. The zero-order valence-corrected chi connectivity index (χ0v) is 19.5. The van der Waals surface area contributed by atoms with E-state index in [-0.39, 0.29) is 0 Å². The van der Waals surface area contributed by atoms with Gasteiger partial charge >= 0.3 is 0 Å². The van der Waals surface area contributed by atoms with Crippen LogP contribution in [0.15, 0.2) is 48.8 Å². The maximum absolute atomic E-state index is 14.6. The van der Waals surface area contributed by atoms with E-state index >= 15 is 0 Å². The van der Waals surface area contributed by atoms with Crippen LogP contribution in [0.2, 0.25) is 0 Å². The highest BCUT2D eigenvalue weighted by atomic mass is 32.2. The Labute approximate surface area is 196 Å². The number of pyridine rings is 2. The molecule has 0 amide bonds. The van der Waals surface area contributed by atoms with E-state index in [1.165, 1.54) is 23.9 Å². The summed E-state index contributed by atoms with van der Waals surface area (Å²) in [7, 11) is -1.71. The Hall–Kier alpha value is -3.57. The minimum atomic E-state index is -3.20. The number of aromatic amines is 1. The Morgan fingerprint density at radius 1 is 1.00 bits per heavy atom. The normalized spacial score (nSPS) is 15.1. The molecule has 5 rings (SSSR count). The molecule has 0 saturated carbocycles. The zero-order valence-electron chi connectivity index (χ0n) is 18.7. The van der Waals surface area contributed by atoms with Crippen LogP contribution in [-0.2, 0) is 10.0 Å². The predicted octanol–water partition coefficient (Wildman–Crippen LogP) is 2.92. The Bertz CT molecular complexity index is 1460. The number of H-pyrrole nitrogens is 1. The zero-order chi connectivity index (χ0) is 23.9. The number of hydrogen-bond donors (Lipinski definition) is 1. The van der Waals surface area contributed by atoms with Crippen LogP contribution in [0, 0.1) is 5.95 Å². The largest absolute Gasteiger partial charge is 0.496 e. The Kier molecular flexibility index (Phi) is 5.66. The monoisotopic (exact) mass is 482 g/mol. The van der Waals surface area contributed by atoms with Crippen LogP contribution in [0.5, 0.6) is 5.75 Å². The fraction of sp³-hybridized carbons (Fsp3) is 0.261. The van der Waals surface area contributed by atoms with Crippen LogP contribution in [-0.4, -0.2) is 72.4 Å². The first kappa shape index (κ1) is 22.2. The molecule has 176 valence electrons. The number of piperazine rings is 1. The van der Waals surface area contributed by atoms with Gasteiger partial charge in [0.15, 0.2) is 0 Å². The van der Waals surface area contributed by atoms with Gasteiger partial charge in [-0.05, 0) is 35.9 Å². The molecular weight excluding hydrogens is 459 g/mol. The van der Waals surface area contributed by atoms with Gasteiger partial charge in [-0.1, -0.05) is 6.07 Å². The minimum Gasteiger partial charge on any atom is -0.496 e. The summed E-state index contributed by atoms with van der Waals surface area (Å²) in [5, 5.41) is 8.35. The van der Waals surface area contributed by atoms with E-state index in [2.05, 4.69) is 25.1 Å². The van der Waals surface area contributed by atoms with Gasteiger partial charge in [-0.15, -0.1) is 0 Å². The third-order valence-corrected chi connectivity index (χ3v) is 7.29. The molecule has 9 nitrogen and oxygen atoms in total. The summed E-state index contributed by atoms with van der Waals surface area (Å²) >= 11 is 0. The highest BCUT2D eigenvalue weighted by molar-refractivity contribution is 7.88. The van der Waals surface area contributed by atoms with Crippen LogP contribution in [0.4, 0.5) is 10.2 Å². The second-order valence-corrected chi connectivity index (χ2v) is 10.0. The first-order chi connectivity index (χ1) is 16.3. The van der Waals surface area contributed by atoms with Crippen molar-refractivity contribution in [1.82, 2.24) is 24.5 Å². The van der Waals surface area contributed by atoms with Crippen molar-refractivity contribution < 1.29 is 17.5 Å². The van der Waals surface area contributed by atoms with Crippen molar-refractivity contribution in [3.05, 3.63) is 54.7 Å². The van der Waals surface area contributed by atoms with E-state index in [1.807, 2.05) is 24.3 Å². The lowest BCUT2D eigenvalue weighted by Gasteiger charge is -2.34. The van der Waals surface area contributed by atoms with Crippen molar-refractivity contribution in [3.63, 3.8) is 0 Å². The van der Waals surface area contributed by atoms with E-state index in [0.29, 0.717) is 48.7 Å². The maximum atomic E-state index is 14.6. The summed E-state index contributed by atoms with van der Waals surface area (Å²) in [6.07, 6.45) is 4.31. The number of halogens is 1. The predicted molar refractivity (Wildman–Crippen MR) is 128 cm³/mol. The van der Waals surface area contributed by atoms with Crippen molar-refractivity contribution in [2.75, 3.05) is 44.4 Å². The van der Waals surface area contributed by atoms with Gasteiger partial charge in [0.25, 0.3) is 0 Å². The Balaban J connectivity index is 1.50. The number of methoxy groups -OCH3 is 1. The highest BCUT2D eigenvalue weighted by Crippen LogP contribution is 2.36. The number of benzene rings is 1. The molecule has 1 aromatic carbocycles. The standard InChI is InChI=1S/C23H23FN6O3S/c1-33-19-6-8-26-23(24)21(19)15-3-4-18-17(13-15)22(28-27-18)16-5-7-25-20(14-16)29-9-11-30(12-10-29)34(2,31)32/h3-8,13-14H,9-12H2,1-2H3,(H,27,28). The second-order valence-electron chi connectivity index (χ2n) is 8.06. The van der Waals surface area contributed by atoms with E-state index in [9.17, 15) is 12.8 Å². The summed E-state index contributed by atoms with van der Waals surface area (Å²) in [4.78, 5) is 10.3. The highest BCUT2D eigenvalue weighted by Gasteiger charge is 2.24. The molecule has 0 atom stereocenters. The van der Waals surface area contributed by atoms with Gasteiger partial charge in [-0.2, -0.15) is 13.8 Å². The summed E-state index contributed by atoms with van der Waals surface area (Å²) in [6, 6.07) is 10.9. The molecule has 1 saturated heterocycles. The topological polar surface area (TPSA) is 104 Å². The second kappa shape index (κ2) is 8.65. The van der Waals surface area contributed by atoms with Gasteiger partial charge in [0.05, 0.1) is 24.4 Å². The van der Waals surface area contributed by atoms with E-state index in [4.69, 9.17) is 4.74 Å². The van der Waals surface area contributed by atoms with E-state index < -0.39 is 16.0 Å². The van der Waals surface area contributed by atoms with Crippen molar-refractivity contribution in [2.45, 2.75) is 0 Å². The molecule has 1 aliphatic rings. The van der Waals surface area contributed by atoms with Crippen LogP contribution in [0.1, 0.15) is 0 Å². The third-order valence-electron chi connectivity index (χ3n) is 5.99. The van der Waals surface area contributed by atoms with Crippen LogP contribution < -0.4 is 9.64 Å². The molecule has 0 unspecified atom stereocenters. The molecule has 1 aliphatic heterocycles. The molecular formula is C23H23FN6O3S. The Morgan fingerprint density at radius 3 is 2.50 bits per heavy atom. The van der Waals surface area contributed by atoms with Crippen molar-refractivity contribution in [1.29, 1.82) is 0 Å². The van der Waals surface area contributed by atoms with Gasteiger partial charge in [0.2, 0.25) is 16.0 Å². The van der Waals surface area contributed by atoms with Crippen LogP contribution in [0.25, 0.3) is 33.3 Å². The third kappa shape index (κ3) is 4.08. The molecule has 1 fully saturated rings. The van der Waals surface area contributed by atoms with E-state index in [1.54, 1.807) is 18.3 Å². The number of fused-ring (bicyclic) bond motifs is 1. The Morgan fingerprint density at radius 2 is 1.76 bits per heavy atom. The van der Waals surface area contributed by atoms with Gasteiger partial charge < -0.3 is 9.64 Å². The molecule has 34 heavy (non-hydrogen) atoms. The number of aromatic nitrogens is 4. The molecule has 0 spiro atoms. The molecule has 0 aliphatic carbocycles. The number of sulfonamides is 1. The molecule has 4 heterocycles. The minimum absolute atomic E-state index is 0.290. The molecule has 11 heteroatoms. The van der Waals surface area contributed by atoms with Crippen molar-refractivity contribution in [3.8, 4) is 28.1 Å². The first-order valence-electron chi connectivity index (χ1n) is 10.7. The van der Waals surface area contributed by atoms with Gasteiger partial charge in [0.1, 0.15) is 17.3 Å². The van der Waals surface area contributed by atoms with Gasteiger partial charge in [-0.3, -0.25) is 5.10 Å². The number of anilines is 1. The number of ether oxygens (including phenoxy) is 1. The maximum Gasteiger partial charge on any atom is 0.224 e. The molecule has 4 aromatic rings. The van der Waals surface area contributed by atoms with E-state index in [0.717, 1.165) is 22.3 Å². The lowest BCUT2D eigenvalue weighted by Crippen LogP contribution is -2.48. The smallest absolute Gasteiger partial charge is 0.224 e. The fourth-order valence-corrected chi connectivity index (χ4v) is 5.06. The lowest BCUT2D eigenvalue weighted by atomic mass is 10.0. The molecule has 3 aromatic heterocycles. The van der Waals surface area contributed by atoms with Gasteiger partial charge in [0, 0.05) is 49.5 Å². The van der Waals surface area contributed by atoms with Crippen LogP contribution in [0.3, 0.4) is 0 Å². The summed E-state index contributed by atoms with van der Waals surface area (Å²) in [5.41, 5.74) is 3.28. The first-order valence-corrected chi connectivity index (χ1v) is 12.5. The lowest BCUT2D eigenvalue weighted by molar-refractivity contribution is 0.387. The number of hydrogen-bond acceptors (Lipinski definition) is 7. The average Bonchev–Trinajstić information content (AvgIpc) is 3.27. The van der Waals surface area contributed by atoms with Crippen molar-refractivity contribution in [2.24, 2.45) is 0 Å². The molecule has 0 radical (unpaired) electrons. The summed E-state index contributed by atoms with van der Waals surface area (Å²) in [6.45, 7) is 1.93.